The number of nitrogens with one attached hydrogen (secondary N) is 1. The first-order chi connectivity index (χ1) is 10.7. The van der Waals surface area contributed by atoms with Gasteiger partial charge in [-0.05, 0) is 6.42 Å². The normalized spacial score (nSPS) is 20.4. The summed E-state index contributed by atoms with van der Waals surface area (Å²) in [6.07, 6.45) is -1.44. The first-order valence-electron chi connectivity index (χ1n) is 6.85. The molecule has 1 aliphatic rings. The molecule has 1 saturated heterocycles. The van der Waals surface area contributed by atoms with Gasteiger partial charge in [0.1, 0.15) is 17.7 Å². The van der Waals surface area contributed by atoms with Crippen molar-refractivity contribution in [3.63, 3.8) is 0 Å². The van der Waals surface area contributed by atoms with E-state index in [9.17, 15) is 21.6 Å². The van der Waals surface area contributed by atoms with Gasteiger partial charge in [-0.2, -0.15) is 17.5 Å². The summed E-state index contributed by atoms with van der Waals surface area (Å²) < 4.78 is 68.4. The molecule has 2 heterocycles. The molecular weight excluding hydrogens is 337 g/mol. The van der Waals surface area contributed by atoms with E-state index in [1.165, 1.54) is 4.31 Å². The quantitative estimate of drug-likeness (QED) is 0.848. The van der Waals surface area contributed by atoms with Crippen molar-refractivity contribution in [2.45, 2.75) is 18.6 Å². The van der Waals surface area contributed by atoms with Crippen molar-refractivity contribution < 1.29 is 26.3 Å². The lowest BCUT2D eigenvalue weighted by atomic mass is 10.2. The Bertz CT molecular complexity index is 639. The highest BCUT2D eigenvalue weighted by Gasteiger charge is 2.35. The molecule has 1 fully saturated rings. The molecule has 0 bridgehead atoms. The van der Waals surface area contributed by atoms with Crippen LogP contribution in [0.15, 0.2) is 12.5 Å². The van der Waals surface area contributed by atoms with Crippen molar-refractivity contribution >= 4 is 15.8 Å². The van der Waals surface area contributed by atoms with Crippen LogP contribution in [0.2, 0.25) is 0 Å². The van der Waals surface area contributed by atoms with Crippen molar-refractivity contribution in [3.8, 4) is 0 Å². The van der Waals surface area contributed by atoms with Gasteiger partial charge >= 0.3 is 6.18 Å². The molecule has 11 heteroatoms. The highest BCUT2D eigenvalue weighted by atomic mass is 32.2. The van der Waals surface area contributed by atoms with Gasteiger partial charge in [-0.3, -0.25) is 0 Å². The van der Waals surface area contributed by atoms with Crippen LogP contribution in [0.3, 0.4) is 0 Å². The summed E-state index contributed by atoms with van der Waals surface area (Å²) in [4.78, 5) is 6.97. The van der Waals surface area contributed by atoms with Gasteiger partial charge in [0.2, 0.25) is 10.0 Å². The summed E-state index contributed by atoms with van der Waals surface area (Å²) in [6, 6.07) is -0.414. The van der Waals surface area contributed by atoms with Crippen molar-refractivity contribution in [2.75, 3.05) is 37.9 Å². The fourth-order valence-corrected chi connectivity index (χ4v) is 3.45. The number of hydrogen-bond acceptors (Lipinski definition) is 6. The second-order valence-electron chi connectivity index (χ2n) is 5.10. The summed E-state index contributed by atoms with van der Waals surface area (Å²) in [5, 5.41) is 2.59. The topological polar surface area (TPSA) is 84.4 Å². The summed E-state index contributed by atoms with van der Waals surface area (Å²) >= 11 is 0. The maximum absolute atomic E-state index is 12.8. The fraction of sp³-hybridized carbons (Fsp3) is 0.667. The Morgan fingerprint density at radius 2 is 2.22 bits per heavy atom. The van der Waals surface area contributed by atoms with Crippen molar-refractivity contribution in [1.82, 2.24) is 14.3 Å². The summed E-state index contributed by atoms with van der Waals surface area (Å²) in [7, 11) is -3.38. The molecule has 0 radical (unpaired) electrons. The smallest absolute Gasteiger partial charge is 0.378 e. The summed E-state index contributed by atoms with van der Waals surface area (Å²) in [5.41, 5.74) is -0.958. The summed E-state index contributed by atoms with van der Waals surface area (Å²) in [6.45, 7) is 0.886. The Morgan fingerprint density at radius 1 is 1.48 bits per heavy atom. The zero-order valence-corrected chi connectivity index (χ0v) is 13.2. The molecule has 1 N–H and O–H groups in total. The van der Waals surface area contributed by atoms with Crippen LogP contribution >= 0.6 is 0 Å². The van der Waals surface area contributed by atoms with Crippen molar-refractivity contribution in [1.29, 1.82) is 0 Å². The van der Waals surface area contributed by atoms with Gasteiger partial charge in [-0.25, -0.2) is 18.4 Å². The maximum atomic E-state index is 12.8. The molecule has 23 heavy (non-hydrogen) atoms. The number of halogens is 3. The minimum absolute atomic E-state index is 0.125. The molecule has 2 rings (SSSR count). The van der Waals surface area contributed by atoms with Crippen LogP contribution in [0.4, 0.5) is 19.0 Å². The van der Waals surface area contributed by atoms with Gasteiger partial charge in [0.15, 0.2) is 0 Å². The van der Waals surface area contributed by atoms with E-state index in [2.05, 4.69) is 15.3 Å². The predicted octanol–water partition coefficient (Wildman–Crippen LogP) is 0.958. The molecule has 7 nitrogen and oxygen atoms in total. The molecule has 130 valence electrons. The van der Waals surface area contributed by atoms with Crippen molar-refractivity contribution in [2.24, 2.45) is 0 Å². The third kappa shape index (κ3) is 4.75. The van der Waals surface area contributed by atoms with E-state index in [1.807, 2.05) is 0 Å². The number of nitrogens with zero attached hydrogens (tertiary/aromatic N) is 3. The number of sulfonamides is 1. The molecule has 0 saturated carbocycles. The highest BCUT2D eigenvalue weighted by molar-refractivity contribution is 7.88. The van der Waals surface area contributed by atoms with Gasteiger partial charge < -0.3 is 10.1 Å². The Kier molecular flexibility index (Phi) is 5.42. The van der Waals surface area contributed by atoms with E-state index in [1.54, 1.807) is 0 Å². The third-order valence-electron chi connectivity index (χ3n) is 3.39. The SMILES string of the molecule is CS(=O)(=O)N1CCOC[C@H]1CCNc1ncncc1C(F)(F)F. The number of anilines is 1. The number of aromatic nitrogens is 2. The van der Waals surface area contributed by atoms with Gasteiger partial charge in [-0.1, -0.05) is 0 Å². The second-order valence-corrected chi connectivity index (χ2v) is 7.04. The number of morpholine rings is 1. The molecule has 0 unspecified atom stereocenters. The molecule has 0 aromatic carbocycles. The lowest BCUT2D eigenvalue weighted by Gasteiger charge is -2.33. The van der Waals surface area contributed by atoms with E-state index in [4.69, 9.17) is 4.74 Å². The number of alkyl halides is 3. The largest absolute Gasteiger partial charge is 0.421 e. The van der Waals surface area contributed by atoms with Crippen molar-refractivity contribution in [3.05, 3.63) is 18.1 Å². The lowest BCUT2D eigenvalue weighted by Crippen LogP contribution is -2.48. The van der Waals surface area contributed by atoms with E-state index >= 15 is 0 Å². The van der Waals surface area contributed by atoms with Gasteiger partial charge in [0.05, 0.1) is 19.5 Å². The Hall–Kier alpha value is -1.46. The Labute approximate surface area is 131 Å². The molecule has 1 atom stereocenters. The minimum atomic E-state index is -4.56. The molecule has 0 aliphatic carbocycles. The van der Waals surface area contributed by atoms with Gasteiger partial charge in [0, 0.05) is 25.3 Å². The Morgan fingerprint density at radius 3 is 2.87 bits per heavy atom. The number of rotatable bonds is 5. The van der Waals surface area contributed by atoms with Crippen LogP contribution in [-0.4, -0.2) is 61.3 Å². The lowest BCUT2D eigenvalue weighted by molar-refractivity contribution is -0.137. The third-order valence-corrected chi connectivity index (χ3v) is 4.72. The van der Waals surface area contributed by atoms with Gasteiger partial charge in [-0.15, -0.1) is 0 Å². The molecule has 1 aromatic rings. The van der Waals surface area contributed by atoms with E-state index in [-0.39, 0.29) is 25.5 Å². The number of ether oxygens (including phenoxy) is 1. The van der Waals surface area contributed by atoms with Crippen LogP contribution in [-0.2, 0) is 20.9 Å². The van der Waals surface area contributed by atoms with Crippen LogP contribution < -0.4 is 5.32 Å². The second kappa shape index (κ2) is 6.97. The monoisotopic (exact) mass is 354 g/mol. The molecule has 0 spiro atoms. The highest BCUT2D eigenvalue weighted by Crippen LogP contribution is 2.32. The van der Waals surface area contributed by atoms with Crippen LogP contribution in [0.1, 0.15) is 12.0 Å². The average Bonchev–Trinajstić information content (AvgIpc) is 2.46. The molecular formula is C12H17F3N4O3S. The zero-order valence-electron chi connectivity index (χ0n) is 12.4. The molecule has 0 amide bonds. The molecule has 1 aliphatic heterocycles. The minimum Gasteiger partial charge on any atom is -0.378 e. The van der Waals surface area contributed by atoms with Crippen LogP contribution in [0.25, 0.3) is 0 Å². The van der Waals surface area contributed by atoms with Gasteiger partial charge in [0.25, 0.3) is 0 Å². The maximum Gasteiger partial charge on any atom is 0.421 e. The predicted molar refractivity (Wildman–Crippen MR) is 76.3 cm³/mol. The van der Waals surface area contributed by atoms with E-state index in [0.717, 1.165) is 12.6 Å². The Balaban J connectivity index is 2.00. The first-order valence-corrected chi connectivity index (χ1v) is 8.70. The molecule has 1 aromatic heterocycles. The fourth-order valence-electron chi connectivity index (χ4n) is 2.34. The van der Waals surface area contributed by atoms with Crippen LogP contribution in [0, 0.1) is 0 Å². The zero-order chi connectivity index (χ0) is 17.1. The van der Waals surface area contributed by atoms with Crippen LogP contribution in [0.5, 0.6) is 0 Å². The average molecular weight is 354 g/mol. The number of hydrogen-bond donors (Lipinski definition) is 1. The van der Waals surface area contributed by atoms with E-state index < -0.39 is 27.8 Å². The van der Waals surface area contributed by atoms with E-state index in [0.29, 0.717) is 19.2 Å². The summed E-state index contributed by atoms with van der Waals surface area (Å²) in [5.74, 6) is -0.324. The first kappa shape index (κ1) is 17.9. The standard InChI is InChI=1S/C12H17F3N4O3S/c1-23(20,21)19-4-5-22-7-9(19)2-3-17-11-10(12(13,14)15)6-16-8-18-11/h6,8-9H,2-5,7H2,1H3,(H,16,17,18)/t9-/m1/s1.